The number of aryl methyl sites for hydroxylation is 1. The smallest absolute Gasteiger partial charge is 0.255 e. The van der Waals surface area contributed by atoms with Gasteiger partial charge >= 0.3 is 0 Å². The van der Waals surface area contributed by atoms with Gasteiger partial charge in [0.05, 0.1) is 0 Å². The molecule has 0 bridgehead atoms. The van der Waals surface area contributed by atoms with Gasteiger partial charge in [-0.15, -0.1) is 0 Å². The molecule has 0 fully saturated rings. The first-order valence-electron chi connectivity index (χ1n) is 8.72. The third-order valence-corrected chi connectivity index (χ3v) is 4.54. The van der Waals surface area contributed by atoms with Crippen LogP contribution in [0, 0.1) is 0 Å². The topological polar surface area (TPSA) is 78.5 Å². The van der Waals surface area contributed by atoms with Crippen molar-refractivity contribution < 1.29 is 14.4 Å². The molecule has 1 heterocycles. The van der Waals surface area contributed by atoms with E-state index in [1.165, 1.54) is 11.0 Å². The van der Waals surface area contributed by atoms with E-state index in [0.29, 0.717) is 29.0 Å². The van der Waals surface area contributed by atoms with Gasteiger partial charge in [0, 0.05) is 36.1 Å². The van der Waals surface area contributed by atoms with Crippen LogP contribution in [-0.2, 0) is 11.2 Å². The Labute approximate surface area is 157 Å². The minimum atomic E-state index is -0.284. The van der Waals surface area contributed by atoms with Crippen LogP contribution >= 0.6 is 0 Å². The average molecular weight is 363 g/mol. The van der Waals surface area contributed by atoms with Crippen LogP contribution in [0.5, 0.6) is 0 Å². The molecule has 27 heavy (non-hydrogen) atoms. The van der Waals surface area contributed by atoms with Crippen molar-refractivity contribution in [2.45, 2.75) is 12.8 Å². The highest BCUT2D eigenvalue weighted by molar-refractivity contribution is 6.06. The van der Waals surface area contributed by atoms with Gasteiger partial charge in [-0.3, -0.25) is 14.4 Å². The summed E-state index contributed by atoms with van der Waals surface area (Å²) >= 11 is 0. The molecule has 6 nitrogen and oxygen atoms in total. The van der Waals surface area contributed by atoms with Crippen LogP contribution in [0.2, 0.25) is 0 Å². The number of rotatable bonds is 4. The summed E-state index contributed by atoms with van der Waals surface area (Å²) in [4.78, 5) is 37.7. The van der Waals surface area contributed by atoms with Gasteiger partial charge in [0.15, 0.2) is 0 Å². The number of benzene rings is 2. The molecule has 0 atom stereocenters. The average Bonchev–Trinajstić information content (AvgIpc) is 2.88. The van der Waals surface area contributed by atoms with E-state index in [9.17, 15) is 14.4 Å². The molecule has 2 aromatic carbocycles. The van der Waals surface area contributed by atoms with Crippen LogP contribution in [0.25, 0.3) is 0 Å². The van der Waals surface area contributed by atoms with Gasteiger partial charge in [-0.25, -0.2) is 0 Å². The predicted molar refractivity (Wildman–Crippen MR) is 105 cm³/mol. The van der Waals surface area contributed by atoms with Crippen LogP contribution < -0.4 is 15.5 Å². The standard InChI is InChI=1S/C21H21N3O3/c1-3-19(25)24(2)17-10-7-15(8-11-17)20(26)23-16-9-6-14-5-4-12-22-21(27)18(14)13-16/h3,6-11,13H,1,4-5,12H2,2H3,(H,22,27)(H,23,26). The Morgan fingerprint density at radius 3 is 2.63 bits per heavy atom. The van der Waals surface area contributed by atoms with Gasteiger partial charge in [0.25, 0.3) is 11.8 Å². The van der Waals surface area contributed by atoms with E-state index in [2.05, 4.69) is 17.2 Å². The molecular weight excluding hydrogens is 342 g/mol. The van der Waals surface area contributed by atoms with Crippen LogP contribution in [0.1, 0.15) is 32.7 Å². The van der Waals surface area contributed by atoms with E-state index in [4.69, 9.17) is 0 Å². The van der Waals surface area contributed by atoms with Crippen LogP contribution in [0.15, 0.2) is 55.1 Å². The van der Waals surface area contributed by atoms with E-state index in [1.54, 1.807) is 43.4 Å². The SMILES string of the molecule is C=CC(=O)N(C)c1ccc(C(=O)Nc2ccc3c(c2)C(=O)NCCC3)cc1. The molecule has 0 aromatic heterocycles. The van der Waals surface area contributed by atoms with E-state index < -0.39 is 0 Å². The molecule has 138 valence electrons. The fraction of sp³-hybridized carbons (Fsp3) is 0.190. The van der Waals surface area contributed by atoms with Crippen molar-refractivity contribution in [1.29, 1.82) is 0 Å². The lowest BCUT2D eigenvalue weighted by Crippen LogP contribution is -2.23. The summed E-state index contributed by atoms with van der Waals surface area (Å²) in [6.45, 7) is 4.11. The second kappa shape index (κ2) is 7.86. The Balaban J connectivity index is 1.75. The largest absolute Gasteiger partial charge is 0.352 e. The van der Waals surface area contributed by atoms with Crippen molar-refractivity contribution in [2.75, 3.05) is 23.8 Å². The highest BCUT2D eigenvalue weighted by atomic mass is 16.2. The summed E-state index contributed by atoms with van der Waals surface area (Å²) in [5.74, 6) is -0.624. The molecule has 1 aliphatic rings. The van der Waals surface area contributed by atoms with Crippen LogP contribution in [-0.4, -0.2) is 31.3 Å². The number of anilines is 2. The summed E-state index contributed by atoms with van der Waals surface area (Å²) in [6, 6.07) is 12.1. The van der Waals surface area contributed by atoms with Crippen molar-refractivity contribution in [1.82, 2.24) is 5.32 Å². The number of nitrogens with zero attached hydrogens (tertiary/aromatic N) is 1. The van der Waals surface area contributed by atoms with Crippen LogP contribution in [0.4, 0.5) is 11.4 Å². The van der Waals surface area contributed by atoms with E-state index in [-0.39, 0.29) is 17.7 Å². The van der Waals surface area contributed by atoms with E-state index in [0.717, 1.165) is 18.4 Å². The second-order valence-electron chi connectivity index (χ2n) is 6.33. The number of fused-ring (bicyclic) bond motifs is 1. The Hall–Kier alpha value is -3.41. The highest BCUT2D eigenvalue weighted by Gasteiger charge is 2.16. The quantitative estimate of drug-likeness (QED) is 0.820. The van der Waals surface area contributed by atoms with Gasteiger partial charge in [0.1, 0.15) is 0 Å². The van der Waals surface area contributed by atoms with E-state index >= 15 is 0 Å². The summed E-state index contributed by atoms with van der Waals surface area (Å²) in [7, 11) is 1.64. The molecule has 2 N–H and O–H groups in total. The molecule has 0 unspecified atom stereocenters. The lowest BCUT2D eigenvalue weighted by molar-refractivity contribution is -0.113. The van der Waals surface area contributed by atoms with Gasteiger partial charge in [-0.1, -0.05) is 12.6 Å². The Kier molecular flexibility index (Phi) is 5.35. The van der Waals surface area contributed by atoms with Crippen LogP contribution in [0.3, 0.4) is 0 Å². The van der Waals surface area contributed by atoms with E-state index in [1.807, 2.05) is 6.07 Å². The predicted octanol–water partition coefficient (Wildman–Crippen LogP) is 2.76. The van der Waals surface area contributed by atoms with Gasteiger partial charge < -0.3 is 15.5 Å². The number of hydrogen-bond donors (Lipinski definition) is 2. The Morgan fingerprint density at radius 2 is 1.93 bits per heavy atom. The fourth-order valence-electron chi connectivity index (χ4n) is 2.96. The highest BCUT2D eigenvalue weighted by Crippen LogP contribution is 2.21. The molecule has 3 rings (SSSR count). The van der Waals surface area contributed by atoms with Gasteiger partial charge in [-0.2, -0.15) is 0 Å². The minimum absolute atomic E-state index is 0.113. The number of hydrogen-bond acceptors (Lipinski definition) is 3. The Bertz CT molecular complexity index is 903. The van der Waals surface area contributed by atoms with Crippen molar-refractivity contribution in [3.63, 3.8) is 0 Å². The molecular formula is C21H21N3O3. The first-order valence-corrected chi connectivity index (χ1v) is 8.72. The first-order chi connectivity index (χ1) is 13.0. The lowest BCUT2D eigenvalue weighted by Gasteiger charge is -2.15. The van der Waals surface area contributed by atoms with Crippen molar-refractivity contribution in [3.8, 4) is 0 Å². The summed E-state index contributed by atoms with van der Waals surface area (Å²) in [6.07, 6.45) is 2.97. The maximum atomic E-state index is 12.5. The summed E-state index contributed by atoms with van der Waals surface area (Å²) in [5, 5.41) is 5.67. The Morgan fingerprint density at radius 1 is 1.19 bits per heavy atom. The molecule has 0 aliphatic carbocycles. The maximum absolute atomic E-state index is 12.5. The molecule has 0 saturated heterocycles. The molecule has 0 spiro atoms. The lowest BCUT2D eigenvalue weighted by atomic mass is 10.0. The monoisotopic (exact) mass is 363 g/mol. The van der Waals surface area contributed by atoms with Crippen molar-refractivity contribution in [2.24, 2.45) is 0 Å². The molecule has 3 amide bonds. The number of carbonyl (C=O) groups is 3. The molecule has 0 saturated carbocycles. The zero-order valence-electron chi connectivity index (χ0n) is 15.1. The zero-order valence-corrected chi connectivity index (χ0v) is 15.1. The fourth-order valence-corrected chi connectivity index (χ4v) is 2.96. The normalized spacial score (nSPS) is 13.0. The molecule has 2 aromatic rings. The summed E-state index contributed by atoms with van der Waals surface area (Å²) in [5.41, 5.74) is 3.28. The van der Waals surface area contributed by atoms with Gasteiger partial charge in [-0.05, 0) is 60.9 Å². The first kappa shape index (κ1) is 18.4. The minimum Gasteiger partial charge on any atom is -0.352 e. The number of nitrogens with one attached hydrogen (secondary N) is 2. The van der Waals surface area contributed by atoms with Crippen molar-refractivity contribution in [3.05, 3.63) is 71.8 Å². The number of amides is 3. The van der Waals surface area contributed by atoms with Crippen molar-refractivity contribution >= 4 is 29.1 Å². The second-order valence-corrected chi connectivity index (χ2v) is 6.33. The third-order valence-electron chi connectivity index (χ3n) is 4.54. The zero-order chi connectivity index (χ0) is 19.4. The maximum Gasteiger partial charge on any atom is 0.255 e. The molecule has 1 aliphatic heterocycles. The third kappa shape index (κ3) is 4.06. The molecule has 6 heteroatoms. The number of likely N-dealkylation sites (N-methyl/N-ethyl adjacent to an activating group) is 1. The summed E-state index contributed by atoms with van der Waals surface area (Å²) < 4.78 is 0. The molecule has 0 radical (unpaired) electrons. The van der Waals surface area contributed by atoms with Gasteiger partial charge in [0.2, 0.25) is 5.91 Å². The number of carbonyl (C=O) groups excluding carboxylic acids is 3.